The number of nitrogens with one attached hydrogen (secondary N) is 1. The fourth-order valence-corrected chi connectivity index (χ4v) is 1.88. The van der Waals surface area contributed by atoms with Crippen molar-refractivity contribution in [1.82, 2.24) is 5.32 Å². The summed E-state index contributed by atoms with van der Waals surface area (Å²) in [6, 6.07) is 9.51. The van der Waals surface area contributed by atoms with Crippen molar-refractivity contribution in [3.8, 4) is 0 Å². The number of hydrogen-bond donors (Lipinski definition) is 1. The molecule has 1 atom stereocenters. The Hall–Kier alpha value is -0.820. The number of aryl methyl sites for hydroxylation is 1. The molecule has 0 saturated heterocycles. The first-order valence-corrected chi connectivity index (χ1v) is 5.56. The van der Waals surface area contributed by atoms with Gasteiger partial charge in [-0.05, 0) is 36.8 Å². The van der Waals surface area contributed by atoms with Gasteiger partial charge in [-0.15, -0.1) is 0 Å². The van der Waals surface area contributed by atoms with Gasteiger partial charge in [-0.1, -0.05) is 31.2 Å². The van der Waals surface area contributed by atoms with E-state index in [4.69, 9.17) is 0 Å². The molecule has 1 nitrogen and oxygen atoms in total. The van der Waals surface area contributed by atoms with Gasteiger partial charge in [0.15, 0.2) is 0 Å². The molecule has 0 amide bonds. The SMILES string of the molecule is Cc1ccccc1C(C)CNC1CC1. The fraction of sp³-hybridized carbons (Fsp3) is 0.538. The van der Waals surface area contributed by atoms with E-state index >= 15 is 0 Å². The van der Waals surface area contributed by atoms with Gasteiger partial charge < -0.3 is 5.32 Å². The molecule has 76 valence electrons. The molecule has 14 heavy (non-hydrogen) atoms. The largest absolute Gasteiger partial charge is 0.313 e. The Bertz CT molecular complexity index is 302. The normalized spacial score (nSPS) is 18.1. The van der Waals surface area contributed by atoms with Gasteiger partial charge in [-0.3, -0.25) is 0 Å². The first kappa shape index (κ1) is 9.72. The van der Waals surface area contributed by atoms with E-state index in [1.165, 1.54) is 24.0 Å². The highest BCUT2D eigenvalue weighted by Gasteiger charge is 2.21. The smallest absolute Gasteiger partial charge is 0.00684 e. The number of benzene rings is 1. The molecular formula is C13H19N. The minimum atomic E-state index is 0.636. The van der Waals surface area contributed by atoms with Crippen LogP contribution in [0.3, 0.4) is 0 Å². The summed E-state index contributed by atoms with van der Waals surface area (Å²) in [4.78, 5) is 0. The zero-order valence-corrected chi connectivity index (χ0v) is 9.09. The molecule has 1 aromatic carbocycles. The maximum Gasteiger partial charge on any atom is 0.00684 e. The van der Waals surface area contributed by atoms with Crippen LogP contribution < -0.4 is 5.32 Å². The molecule has 2 rings (SSSR count). The van der Waals surface area contributed by atoms with Gasteiger partial charge >= 0.3 is 0 Å². The van der Waals surface area contributed by atoms with Crippen LogP contribution in [0.5, 0.6) is 0 Å². The second kappa shape index (κ2) is 4.14. The minimum Gasteiger partial charge on any atom is -0.313 e. The van der Waals surface area contributed by atoms with Crippen molar-refractivity contribution in [3.63, 3.8) is 0 Å². The van der Waals surface area contributed by atoms with Crippen LogP contribution in [0.2, 0.25) is 0 Å². The van der Waals surface area contributed by atoms with Gasteiger partial charge in [0.05, 0.1) is 0 Å². The van der Waals surface area contributed by atoms with Crippen LogP contribution in [0.4, 0.5) is 0 Å². The van der Waals surface area contributed by atoms with Crippen molar-refractivity contribution in [1.29, 1.82) is 0 Å². The quantitative estimate of drug-likeness (QED) is 0.768. The topological polar surface area (TPSA) is 12.0 Å². The Labute approximate surface area is 86.5 Å². The number of rotatable bonds is 4. The molecule has 1 heteroatoms. The zero-order chi connectivity index (χ0) is 9.97. The summed E-state index contributed by atoms with van der Waals surface area (Å²) in [5, 5.41) is 3.58. The van der Waals surface area contributed by atoms with Crippen LogP contribution in [0.15, 0.2) is 24.3 Å². The summed E-state index contributed by atoms with van der Waals surface area (Å²) in [6.45, 7) is 5.62. The summed E-state index contributed by atoms with van der Waals surface area (Å²) in [7, 11) is 0. The van der Waals surface area contributed by atoms with Crippen LogP contribution in [0, 0.1) is 6.92 Å². The summed E-state index contributed by atoms with van der Waals surface area (Å²) in [6.07, 6.45) is 2.75. The van der Waals surface area contributed by atoms with Crippen molar-refractivity contribution in [2.24, 2.45) is 0 Å². The lowest BCUT2D eigenvalue weighted by atomic mass is 9.96. The Balaban J connectivity index is 1.95. The van der Waals surface area contributed by atoms with E-state index in [9.17, 15) is 0 Å². The molecule has 0 spiro atoms. The third-order valence-corrected chi connectivity index (χ3v) is 3.01. The Kier molecular flexibility index (Phi) is 2.87. The Morgan fingerprint density at radius 2 is 2.07 bits per heavy atom. The molecule has 1 unspecified atom stereocenters. The van der Waals surface area contributed by atoms with E-state index in [1.54, 1.807) is 0 Å². The van der Waals surface area contributed by atoms with E-state index in [-0.39, 0.29) is 0 Å². The lowest BCUT2D eigenvalue weighted by Crippen LogP contribution is -2.22. The molecule has 1 aromatic rings. The van der Waals surface area contributed by atoms with E-state index in [0.29, 0.717) is 5.92 Å². The molecule has 1 aliphatic carbocycles. The molecule has 0 heterocycles. The van der Waals surface area contributed by atoms with E-state index in [0.717, 1.165) is 12.6 Å². The van der Waals surface area contributed by atoms with Crippen molar-refractivity contribution in [3.05, 3.63) is 35.4 Å². The predicted molar refractivity (Wildman–Crippen MR) is 60.6 cm³/mol. The van der Waals surface area contributed by atoms with Gasteiger partial charge in [0, 0.05) is 12.6 Å². The minimum absolute atomic E-state index is 0.636. The third-order valence-electron chi connectivity index (χ3n) is 3.01. The first-order chi connectivity index (χ1) is 6.77. The molecule has 1 aliphatic rings. The van der Waals surface area contributed by atoms with Crippen LogP contribution in [0.25, 0.3) is 0 Å². The standard InChI is InChI=1S/C13H19N/c1-10-5-3-4-6-13(10)11(2)9-14-12-7-8-12/h3-6,11-12,14H,7-9H2,1-2H3. The van der Waals surface area contributed by atoms with Crippen molar-refractivity contribution in [2.75, 3.05) is 6.54 Å². The number of hydrogen-bond acceptors (Lipinski definition) is 1. The lowest BCUT2D eigenvalue weighted by Gasteiger charge is -2.15. The van der Waals surface area contributed by atoms with E-state index < -0.39 is 0 Å². The van der Waals surface area contributed by atoms with E-state index in [2.05, 4.69) is 43.4 Å². The molecular weight excluding hydrogens is 170 g/mol. The average Bonchev–Trinajstić information content (AvgIpc) is 2.98. The molecule has 1 fully saturated rings. The first-order valence-electron chi connectivity index (χ1n) is 5.56. The van der Waals surface area contributed by atoms with Crippen LogP contribution in [0.1, 0.15) is 36.8 Å². The summed E-state index contributed by atoms with van der Waals surface area (Å²) < 4.78 is 0. The molecule has 0 bridgehead atoms. The molecule has 0 radical (unpaired) electrons. The molecule has 0 aromatic heterocycles. The van der Waals surface area contributed by atoms with Gasteiger partial charge in [-0.25, -0.2) is 0 Å². The Morgan fingerprint density at radius 1 is 1.36 bits per heavy atom. The highest BCUT2D eigenvalue weighted by molar-refractivity contribution is 5.28. The maximum absolute atomic E-state index is 3.58. The summed E-state index contributed by atoms with van der Waals surface area (Å²) >= 11 is 0. The zero-order valence-electron chi connectivity index (χ0n) is 9.09. The molecule has 0 aliphatic heterocycles. The van der Waals surface area contributed by atoms with Crippen molar-refractivity contribution >= 4 is 0 Å². The maximum atomic E-state index is 3.58. The van der Waals surface area contributed by atoms with Gasteiger partial charge in [0.1, 0.15) is 0 Å². The average molecular weight is 189 g/mol. The highest BCUT2D eigenvalue weighted by atomic mass is 14.9. The summed E-state index contributed by atoms with van der Waals surface area (Å²) in [5.74, 6) is 0.636. The molecule has 1 N–H and O–H groups in total. The monoisotopic (exact) mass is 189 g/mol. The van der Waals surface area contributed by atoms with Crippen LogP contribution in [-0.2, 0) is 0 Å². The van der Waals surface area contributed by atoms with Crippen LogP contribution >= 0.6 is 0 Å². The van der Waals surface area contributed by atoms with Crippen molar-refractivity contribution < 1.29 is 0 Å². The highest BCUT2D eigenvalue weighted by Crippen LogP contribution is 2.22. The van der Waals surface area contributed by atoms with Gasteiger partial charge in [0.25, 0.3) is 0 Å². The second-order valence-electron chi connectivity index (χ2n) is 4.44. The van der Waals surface area contributed by atoms with Gasteiger partial charge in [-0.2, -0.15) is 0 Å². The van der Waals surface area contributed by atoms with Gasteiger partial charge in [0.2, 0.25) is 0 Å². The third kappa shape index (κ3) is 2.36. The van der Waals surface area contributed by atoms with E-state index in [1.807, 2.05) is 0 Å². The lowest BCUT2D eigenvalue weighted by molar-refractivity contribution is 0.610. The second-order valence-corrected chi connectivity index (χ2v) is 4.44. The Morgan fingerprint density at radius 3 is 2.71 bits per heavy atom. The van der Waals surface area contributed by atoms with Crippen molar-refractivity contribution in [2.45, 2.75) is 38.6 Å². The summed E-state index contributed by atoms with van der Waals surface area (Å²) in [5.41, 5.74) is 2.90. The predicted octanol–water partition coefficient (Wildman–Crippen LogP) is 2.85. The van der Waals surface area contributed by atoms with Crippen LogP contribution in [-0.4, -0.2) is 12.6 Å². The fourth-order valence-electron chi connectivity index (χ4n) is 1.88. The molecule has 1 saturated carbocycles.